The zero-order valence-electron chi connectivity index (χ0n) is 10.5. The summed E-state index contributed by atoms with van der Waals surface area (Å²) < 4.78 is 0. The highest BCUT2D eigenvalue weighted by Gasteiger charge is 2.15. The van der Waals surface area contributed by atoms with Crippen LogP contribution in [-0.4, -0.2) is 43.4 Å². The van der Waals surface area contributed by atoms with E-state index < -0.39 is 0 Å². The van der Waals surface area contributed by atoms with Crippen LogP contribution < -0.4 is 0 Å². The second kappa shape index (κ2) is 5.66. The molecule has 0 aliphatic carbocycles. The minimum atomic E-state index is 0.130. The van der Waals surface area contributed by atoms with Gasteiger partial charge in [0.1, 0.15) is 0 Å². The lowest BCUT2D eigenvalue weighted by molar-refractivity contribution is -0.130. The number of carbonyl (C=O) groups is 1. The third kappa shape index (κ3) is 3.35. The Kier molecular flexibility index (Phi) is 4.50. The van der Waals surface area contributed by atoms with Crippen LogP contribution in [0.3, 0.4) is 0 Å². The average Bonchev–Trinajstić information content (AvgIpc) is 2.28. The van der Waals surface area contributed by atoms with Crippen molar-refractivity contribution in [2.75, 3.05) is 27.7 Å². The van der Waals surface area contributed by atoms with Crippen molar-refractivity contribution in [2.45, 2.75) is 13.0 Å². The van der Waals surface area contributed by atoms with Crippen LogP contribution in [0.5, 0.6) is 0 Å². The maximum absolute atomic E-state index is 11.6. The van der Waals surface area contributed by atoms with Crippen molar-refractivity contribution in [3.8, 4) is 0 Å². The molecule has 0 aromatic heterocycles. The molecule has 0 radical (unpaired) electrons. The van der Waals surface area contributed by atoms with Crippen LogP contribution >= 0.6 is 0 Å². The fourth-order valence-corrected chi connectivity index (χ4v) is 1.48. The molecule has 0 N–H and O–H groups in total. The van der Waals surface area contributed by atoms with Gasteiger partial charge in [0.25, 0.3) is 0 Å². The second-order valence-electron chi connectivity index (χ2n) is 4.29. The van der Waals surface area contributed by atoms with Gasteiger partial charge in [0.05, 0.1) is 6.54 Å². The van der Waals surface area contributed by atoms with E-state index in [2.05, 4.69) is 24.0 Å². The minimum Gasteiger partial charge on any atom is -0.348 e. The van der Waals surface area contributed by atoms with E-state index in [1.54, 1.807) is 19.0 Å². The van der Waals surface area contributed by atoms with Gasteiger partial charge in [-0.25, -0.2) is 0 Å². The van der Waals surface area contributed by atoms with Crippen molar-refractivity contribution >= 4 is 5.91 Å². The number of benzene rings is 1. The zero-order valence-corrected chi connectivity index (χ0v) is 10.5. The molecule has 1 atom stereocenters. The third-order valence-electron chi connectivity index (χ3n) is 2.83. The lowest BCUT2D eigenvalue weighted by Crippen LogP contribution is -2.35. The van der Waals surface area contributed by atoms with E-state index in [0.717, 1.165) is 0 Å². The topological polar surface area (TPSA) is 23.6 Å². The molecule has 0 saturated heterocycles. The Morgan fingerprint density at radius 3 is 2.25 bits per heavy atom. The number of hydrogen-bond acceptors (Lipinski definition) is 2. The molecule has 1 aromatic carbocycles. The molecular weight excluding hydrogens is 200 g/mol. The van der Waals surface area contributed by atoms with Gasteiger partial charge in [-0.1, -0.05) is 30.3 Å². The molecule has 0 bridgehead atoms. The fourth-order valence-electron chi connectivity index (χ4n) is 1.48. The first-order valence-corrected chi connectivity index (χ1v) is 5.47. The molecule has 1 aromatic rings. The van der Waals surface area contributed by atoms with E-state index in [0.29, 0.717) is 6.54 Å². The first kappa shape index (κ1) is 12.7. The van der Waals surface area contributed by atoms with E-state index in [4.69, 9.17) is 0 Å². The van der Waals surface area contributed by atoms with E-state index in [1.165, 1.54) is 5.56 Å². The van der Waals surface area contributed by atoms with Crippen LogP contribution in [0.15, 0.2) is 30.3 Å². The van der Waals surface area contributed by atoms with Gasteiger partial charge in [0.15, 0.2) is 0 Å². The van der Waals surface area contributed by atoms with Gasteiger partial charge >= 0.3 is 0 Å². The minimum absolute atomic E-state index is 0.130. The molecule has 16 heavy (non-hydrogen) atoms. The molecule has 88 valence electrons. The van der Waals surface area contributed by atoms with Crippen molar-refractivity contribution in [1.29, 1.82) is 0 Å². The van der Waals surface area contributed by atoms with E-state index in [9.17, 15) is 4.79 Å². The summed E-state index contributed by atoms with van der Waals surface area (Å²) in [6.07, 6.45) is 0. The van der Waals surface area contributed by atoms with Crippen molar-refractivity contribution in [3.63, 3.8) is 0 Å². The summed E-state index contributed by atoms with van der Waals surface area (Å²) in [5.41, 5.74) is 1.23. The largest absolute Gasteiger partial charge is 0.348 e. The summed E-state index contributed by atoms with van der Waals surface area (Å²) in [6, 6.07) is 10.5. The Bertz CT molecular complexity index is 335. The maximum Gasteiger partial charge on any atom is 0.236 e. The van der Waals surface area contributed by atoms with Gasteiger partial charge < -0.3 is 4.90 Å². The molecule has 0 aliphatic heterocycles. The first-order valence-electron chi connectivity index (χ1n) is 5.47. The molecule has 1 amide bonds. The van der Waals surface area contributed by atoms with Gasteiger partial charge in [-0.05, 0) is 19.5 Å². The molecule has 0 spiro atoms. The molecular formula is C13H20N2O. The van der Waals surface area contributed by atoms with Gasteiger partial charge in [-0.3, -0.25) is 9.69 Å². The third-order valence-corrected chi connectivity index (χ3v) is 2.83. The summed E-state index contributed by atoms with van der Waals surface area (Å²) in [6.45, 7) is 2.56. The van der Waals surface area contributed by atoms with E-state index in [-0.39, 0.29) is 11.9 Å². The highest BCUT2D eigenvalue weighted by molar-refractivity contribution is 5.77. The Labute approximate surface area is 97.7 Å². The highest BCUT2D eigenvalue weighted by Crippen LogP contribution is 2.17. The fraction of sp³-hybridized carbons (Fsp3) is 0.462. The Hall–Kier alpha value is -1.35. The monoisotopic (exact) mass is 220 g/mol. The Balaban J connectivity index is 2.61. The Morgan fingerprint density at radius 1 is 1.19 bits per heavy atom. The number of carbonyl (C=O) groups excluding carboxylic acids is 1. The summed E-state index contributed by atoms with van der Waals surface area (Å²) in [5.74, 6) is 0.130. The van der Waals surface area contributed by atoms with Crippen molar-refractivity contribution < 1.29 is 4.79 Å². The van der Waals surface area contributed by atoms with Crippen molar-refractivity contribution in [1.82, 2.24) is 9.80 Å². The standard InChI is InChI=1S/C13H20N2O/c1-11(12-8-6-5-7-9-12)15(4)10-13(16)14(2)3/h5-9,11H,10H2,1-4H3. The average molecular weight is 220 g/mol. The molecule has 1 unspecified atom stereocenters. The van der Waals surface area contributed by atoms with Gasteiger partial charge in [0, 0.05) is 20.1 Å². The molecule has 0 fully saturated rings. The number of nitrogens with zero attached hydrogens (tertiary/aromatic N) is 2. The normalized spacial score (nSPS) is 12.6. The lowest BCUT2D eigenvalue weighted by atomic mass is 10.1. The molecule has 0 saturated carbocycles. The second-order valence-corrected chi connectivity index (χ2v) is 4.29. The zero-order chi connectivity index (χ0) is 12.1. The maximum atomic E-state index is 11.6. The molecule has 1 rings (SSSR count). The smallest absolute Gasteiger partial charge is 0.236 e. The number of hydrogen-bond donors (Lipinski definition) is 0. The molecule has 3 nitrogen and oxygen atoms in total. The number of amides is 1. The number of rotatable bonds is 4. The summed E-state index contributed by atoms with van der Waals surface area (Å²) in [4.78, 5) is 15.2. The number of likely N-dealkylation sites (N-methyl/N-ethyl adjacent to an activating group) is 2. The molecule has 3 heteroatoms. The van der Waals surface area contributed by atoms with Crippen LogP contribution in [0.25, 0.3) is 0 Å². The predicted octanol–water partition coefficient (Wildman–Crippen LogP) is 1.77. The van der Waals surface area contributed by atoms with Crippen molar-refractivity contribution in [2.24, 2.45) is 0 Å². The van der Waals surface area contributed by atoms with E-state index >= 15 is 0 Å². The summed E-state index contributed by atoms with van der Waals surface area (Å²) in [5, 5.41) is 0. The summed E-state index contributed by atoms with van der Waals surface area (Å²) in [7, 11) is 5.53. The van der Waals surface area contributed by atoms with Crippen LogP contribution in [0.1, 0.15) is 18.5 Å². The van der Waals surface area contributed by atoms with Crippen LogP contribution in [0, 0.1) is 0 Å². The van der Waals surface area contributed by atoms with Crippen molar-refractivity contribution in [3.05, 3.63) is 35.9 Å². The quantitative estimate of drug-likeness (QED) is 0.772. The predicted molar refractivity (Wildman–Crippen MR) is 66.2 cm³/mol. The van der Waals surface area contributed by atoms with Gasteiger partial charge in [-0.15, -0.1) is 0 Å². The molecule has 0 aliphatic rings. The lowest BCUT2D eigenvalue weighted by Gasteiger charge is -2.25. The first-order chi connectivity index (χ1) is 7.52. The van der Waals surface area contributed by atoms with E-state index in [1.807, 2.05) is 25.2 Å². The van der Waals surface area contributed by atoms with Gasteiger partial charge in [-0.2, -0.15) is 0 Å². The molecule has 0 heterocycles. The van der Waals surface area contributed by atoms with Crippen LogP contribution in [0.4, 0.5) is 0 Å². The Morgan fingerprint density at radius 2 is 1.75 bits per heavy atom. The van der Waals surface area contributed by atoms with Crippen LogP contribution in [-0.2, 0) is 4.79 Å². The highest BCUT2D eigenvalue weighted by atomic mass is 16.2. The van der Waals surface area contributed by atoms with Crippen LogP contribution in [0.2, 0.25) is 0 Å². The van der Waals surface area contributed by atoms with Gasteiger partial charge in [0.2, 0.25) is 5.91 Å². The summed E-state index contributed by atoms with van der Waals surface area (Å²) >= 11 is 0. The SMILES string of the molecule is CC(c1ccccc1)N(C)CC(=O)N(C)C.